The highest BCUT2D eigenvalue weighted by molar-refractivity contribution is 6.06. The molecule has 0 saturated heterocycles. The molecular formula is C18H16N2O2. The van der Waals surface area contributed by atoms with Gasteiger partial charge in [0.1, 0.15) is 0 Å². The van der Waals surface area contributed by atoms with E-state index in [-0.39, 0.29) is 11.7 Å². The quantitative estimate of drug-likeness (QED) is 0.749. The van der Waals surface area contributed by atoms with Crippen LogP contribution in [-0.4, -0.2) is 16.3 Å². The van der Waals surface area contributed by atoms with Gasteiger partial charge in [-0.15, -0.1) is 0 Å². The molecular weight excluding hydrogens is 276 g/mol. The van der Waals surface area contributed by atoms with Crippen LogP contribution in [0.1, 0.15) is 27.6 Å². The number of carbonyl (C=O) groups excluding carboxylic acids is 2. The van der Waals surface area contributed by atoms with Gasteiger partial charge in [0.25, 0.3) is 5.91 Å². The topological polar surface area (TPSA) is 51.1 Å². The maximum absolute atomic E-state index is 12.3. The molecule has 0 aliphatic heterocycles. The molecule has 0 saturated carbocycles. The minimum Gasteiger partial charge on any atom is -0.351 e. The van der Waals surface area contributed by atoms with Crippen LogP contribution < -0.4 is 5.32 Å². The number of fused-ring (bicyclic) bond motifs is 1. The van der Waals surface area contributed by atoms with Crippen LogP contribution in [0.15, 0.2) is 54.7 Å². The summed E-state index contributed by atoms with van der Waals surface area (Å²) in [6, 6.07) is 14.5. The summed E-state index contributed by atoms with van der Waals surface area (Å²) in [5, 5.41) is 3.87. The van der Waals surface area contributed by atoms with Crippen molar-refractivity contribution in [1.29, 1.82) is 0 Å². The van der Waals surface area contributed by atoms with Crippen LogP contribution in [0.5, 0.6) is 0 Å². The first kappa shape index (κ1) is 14.1. The molecule has 1 N–H and O–H groups in total. The van der Waals surface area contributed by atoms with Gasteiger partial charge >= 0.3 is 0 Å². The number of nitrogens with zero attached hydrogens (tertiary/aromatic N) is 1. The highest BCUT2D eigenvalue weighted by Gasteiger charge is 2.08. The zero-order chi connectivity index (χ0) is 15.7. The number of benzene rings is 2. The normalized spacial score (nSPS) is 10.6. The van der Waals surface area contributed by atoms with Gasteiger partial charge in [0.05, 0.1) is 0 Å². The minimum atomic E-state index is -0.165. The summed E-state index contributed by atoms with van der Waals surface area (Å²) in [7, 11) is 1.97. The predicted molar refractivity (Wildman–Crippen MR) is 87.3 cm³/mol. The predicted octanol–water partition coefficient (Wildman–Crippen LogP) is 3.63. The van der Waals surface area contributed by atoms with Crippen molar-refractivity contribution < 1.29 is 9.59 Å². The van der Waals surface area contributed by atoms with E-state index in [9.17, 15) is 9.59 Å². The van der Waals surface area contributed by atoms with Crippen molar-refractivity contribution in [2.75, 3.05) is 5.32 Å². The molecule has 1 heterocycles. The summed E-state index contributed by atoms with van der Waals surface area (Å²) >= 11 is 0. The van der Waals surface area contributed by atoms with Crippen LogP contribution in [-0.2, 0) is 7.05 Å². The lowest BCUT2D eigenvalue weighted by atomic mass is 10.1. The summed E-state index contributed by atoms with van der Waals surface area (Å²) in [4.78, 5) is 23.5. The lowest BCUT2D eigenvalue weighted by Gasteiger charge is -2.06. The molecule has 0 spiro atoms. The molecule has 3 aromatic rings. The lowest BCUT2D eigenvalue weighted by Crippen LogP contribution is -2.11. The van der Waals surface area contributed by atoms with E-state index in [0.717, 1.165) is 10.9 Å². The van der Waals surface area contributed by atoms with E-state index in [1.54, 1.807) is 24.3 Å². The standard InChI is InChI=1S/C18H16N2O2/c1-12(21)13-3-6-16(7-4-13)19-18(22)15-5-8-17-14(11-15)9-10-20(17)2/h3-11H,1-2H3,(H,19,22). The number of ketones is 1. The van der Waals surface area contributed by atoms with Crippen molar-refractivity contribution in [3.05, 3.63) is 65.9 Å². The molecule has 0 atom stereocenters. The molecule has 3 rings (SSSR count). The zero-order valence-electron chi connectivity index (χ0n) is 12.5. The van der Waals surface area contributed by atoms with Gasteiger partial charge in [0.2, 0.25) is 0 Å². The van der Waals surface area contributed by atoms with E-state index >= 15 is 0 Å². The van der Waals surface area contributed by atoms with E-state index in [0.29, 0.717) is 16.8 Å². The third-order valence-corrected chi connectivity index (χ3v) is 3.70. The van der Waals surface area contributed by atoms with Crippen molar-refractivity contribution in [3.63, 3.8) is 0 Å². The van der Waals surface area contributed by atoms with Crippen LogP contribution in [0, 0.1) is 0 Å². The molecule has 0 aliphatic carbocycles. The Morgan fingerprint density at radius 1 is 0.955 bits per heavy atom. The number of anilines is 1. The summed E-state index contributed by atoms with van der Waals surface area (Å²) < 4.78 is 2.01. The monoisotopic (exact) mass is 292 g/mol. The summed E-state index contributed by atoms with van der Waals surface area (Å²) in [5.41, 5.74) is 2.99. The maximum atomic E-state index is 12.3. The summed E-state index contributed by atoms with van der Waals surface area (Å²) in [6.45, 7) is 1.52. The first-order valence-corrected chi connectivity index (χ1v) is 7.02. The van der Waals surface area contributed by atoms with Crippen LogP contribution in [0.25, 0.3) is 10.9 Å². The Labute approximate surface area is 128 Å². The second-order valence-electron chi connectivity index (χ2n) is 5.29. The number of hydrogen-bond donors (Lipinski definition) is 1. The first-order valence-electron chi connectivity index (χ1n) is 7.02. The van der Waals surface area contributed by atoms with Crippen molar-refractivity contribution in [1.82, 2.24) is 4.57 Å². The number of rotatable bonds is 3. The van der Waals surface area contributed by atoms with Gasteiger partial charge in [0, 0.05) is 41.0 Å². The van der Waals surface area contributed by atoms with Crippen LogP contribution >= 0.6 is 0 Å². The van der Waals surface area contributed by atoms with E-state index in [1.807, 2.05) is 42.1 Å². The second kappa shape index (κ2) is 5.48. The van der Waals surface area contributed by atoms with Gasteiger partial charge in [-0.05, 0) is 55.5 Å². The van der Waals surface area contributed by atoms with Crippen molar-refractivity contribution in [2.45, 2.75) is 6.92 Å². The SMILES string of the molecule is CC(=O)c1ccc(NC(=O)c2ccc3c(ccn3C)c2)cc1. The zero-order valence-corrected chi connectivity index (χ0v) is 12.5. The van der Waals surface area contributed by atoms with Gasteiger partial charge in [-0.2, -0.15) is 0 Å². The fourth-order valence-corrected chi connectivity index (χ4v) is 2.41. The van der Waals surface area contributed by atoms with Crippen LogP contribution in [0.3, 0.4) is 0 Å². The molecule has 2 aromatic carbocycles. The number of carbonyl (C=O) groups is 2. The average Bonchev–Trinajstić information content (AvgIpc) is 2.88. The number of amides is 1. The number of Topliss-reactive ketones (excluding diaryl/α,β-unsaturated/α-hetero) is 1. The van der Waals surface area contributed by atoms with Gasteiger partial charge < -0.3 is 9.88 Å². The Hall–Kier alpha value is -2.88. The van der Waals surface area contributed by atoms with Crippen molar-refractivity contribution in [3.8, 4) is 0 Å². The Morgan fingerprint density at radius 2 is 1.64 bits per heavy atom. The van der Waals surface area contributed by atoms with E-state index in [4.69, 9.17) is 0 Å². The molecule has 0 fully saturated rings. The Balaban J connectivity index is 1.81. The largest absolute Gasteiger partial charge is 0.351 e. The highest BCUT2D eigenvalue weighted by atomic mass is 16.1. The van der Waals surface area contributed by atoms with Crippen molar-refractivity contribution in [2.24, 2.45) is 7.05 Å². The van der Waals surface area contributed by atoms with Gasteiger partial charge in [-0.1, -0.05) is 0 Å². The molecule has 1 aromatic heterocycles. The number of aromatic nitrogens is 1. The Kier molecular flexibility index (Phi) is 3.51. The Morgan fingerprint density at radius 3 is 2.32 bits per heavy atom. The first-order chi connectivity index (χ1) is 10.5. The van der Waals surface area contributed by atoms with Gasteiger partial charge in [-0.3, -0.25) is 9.59 Å². The molecule has 4 heteroatoms. The van der Waals surface area contributed by atoms with Crippen LogP contribution in [0.2, 0.25) is 0 Å². The van der Waals surface area contributed by atoms with Crippen LogP contribution in [0.4, 0.5) is 5.69 Å². The fraction of sp³-hybridized carbons (Fsp3) is 0.111. The van der Waals surface area contributed by atoms with Gasteiger partial charge in [0.15, 0.2) is 5.78 Å². The lowest BCUT2D eigenvalue weighted by molar-refractivity contribution is 0.101. The molecule has 0 radical (unpaired) electrons. The van der Waals surface area contributed by atoms with E-state index < -0.39 is 0 Å². The molecule has 0 bridgehead atoms. The Bertz CT molecular complexity index is 860. The molecule has 1 amide bonds. The minimum absolute atomic E-state index is 0.00686. The molecule has 0 unspecified atom stereocenters. The molecule has 0 aliphatic rings. The summed E-state index contributed by atoms with van der Waals surface area (Å²) in [5.74, 6) is -0.159. The van der Waals surface area contributed by atoms with E-state index in [2.05, 4.69) is 5.32 Å². The molecule has 110 valence electrons. The number of aryl methyl sites for hydroxylation is 1. The number of hydrogen-bond acceptors (Lipinski definition) is 2. The third kappa shape index (κ3) is 2.63. The van der Waals surface area contributed by atoms with Crippen molar-refractivity contribution >= 4 is 28.3 Å². The average molecular weight is 292 g/mol. The fourth-order valence-electron chi connectivity index (χ4n) is 2.41. The highest BCUT2D eigenvalue weighted by Crippen LogP contribution is 2.18. The smallest absolute Gasteiger partial charge is 0.255 e. The third-order valence-electron chi connectivity index (χ3n) is 3.70. The summed E-state index contributed by atoms with van der Waals surface area (Å²) in [6.07, 6.45) is 1.97. The second-order valence-corrected chi connectivity index (χ2v) is 5.29. The number of nitrogens with one attached hydrogen (secondary N) is 1. The van der Waals surface area contributed by atoms with Gasteiger partial charge in [-0.25, -0.2) is 0 Å². The molecule has 22 heavy (non-hydrogen) atoms. The molecule has 4 nitrogen and oxygen atoms in total. The van der Waals surface area contributed by atoms with E-state index in [1.165, 1.54) is 6.92 Å². The maximum Gasteiger partial charge on any atom is 0.255 e.